The Balaban J connectivity index is 1.59. The summed E-state index contributed by atoms with van der Waals surface area (Å²) in [6, 6.07) is 6.42. The molecule has 1 amide bonds. The van der Waals surface area contributed by atoms with E-state index in [0.717, 1.165) is 55.5 Å². The molecule has 0 radical (unpaired) electrons. The second-order valence-corrected chi connectivity index (χ2v) is 6.52. The van der Waals surface area contributed by atoms with Gasteiger partial charge < -0.3 is 5.32 Å². The second kappa shape index (κ2) is 5.80. The maximum absolute atomic E-state index is 13.1. The maximum atomic E-state index is 13.1. The predicted molar refractivity (Wildman–Crippen MR) is 84.7 cm³/mol. The van der Waals surface area contributed by atoms with Crippen LogP contribution in [-0.4, -0.2) is 15.7 Å². The van der Waals surface area contributed by atoms with E-state index >= 15 is 0 Å². The first-order valence-corrected chi connectivity index (χ1v) is 8.35. The maximum Gasteiger partial charge on any atom is 0.223 e. The van der Waals surface area contributed by atoms with Crippen molar-refractivity contribution in [1.29, 1.82) is 0 Å². The van der Waals surface area contributed by atoms with Crippen LogP contribution in [0, 0.1) is 11.7 Å². The fraction of sp³-hybridized carbons (Fsp3) is 0.444. The third kappa shape index (κ3) is 2.64. The predicted octanol–water partition coefficient (Wildman–Crippen LogP) is 3.31. The van der Waals surface area contributed by atoms with Crippen LogP contribution in [0.4, 0.5) is 4.39 Å². The first-order valence-electron chi connectivity index (χ1n) is 8.35. The molecule has 0 bridgehead atoms. The zero-order valence-corrected chi connectivity index (χ0v) is 13.0. The van der Waals surface area contributed by atoms with Gasteiger partial charge in [-0.1, -0.05) is 6.42 Å². The molecule has 1 fully saturated rings. The van der Waals surface area contributed by atoms with Crippen LogP contribution in [0.15, 0.2) is 30.5 Å². The van der Waals surface area contributed by atoms with Crippen molar-refractivity contribution in [2.75, 3.05) is 0 Å². The highest BCUT2D eigenvalue weighted by atomic mass is 19.1. The summed E-state index contributed by atoms with van der Waals surface area (Å²) >= 11 is 0. The Labute approximate surface area is 134 Å². The summed E-state index contributed by atoms with van der Waals surface area (Å²) in [4.78, 5) is 12.2. The number of rotatable bonds is 3. The minimum absolute atomic E-state index is 0.0565. The summed E-state index contributed by atoms with van der Waals surface area (Å²) in [6.45, 7) is 0. The normalized spacial score (nSPS) is 20.7. The molecule has 1 aromatic heterocycles. The average molecular weight is 313 g/mol. The molecule has 1 unspecified atom stereocenters. The Bertz CT molecular complexity index is 718. The van der Waals surface area contributed by atoms with Crippen molar-refractivity contribution in [3.8, 4) is 5.69 Å². The lowest BCUT2D eigenvalue weighted by molar-refractivity contribution is -0.128. The summed E-state index contributed by atoms with van der Waals surface area (Å²) in [5.41, 5.74) is 3.09. The number of hydrogen-bond acceptors (Lipinski definition) is 2. The quantitative estimate of drug-likeness (QED) is 0.945. The Hall–Kier alpha value is -2.17. The van der Waals surface area contributed by atoms with Crippen LogP contribution in [-0.2, 0) is 11.2 Å². The van der Waals surface area contributed by atoms with Gasteiger partial charge in [-0.25, -0.2) is 9.07 Å². The fourth-order valence-corrected chi connectivity index (χ4v) is 3.47. The molecule has 2 aliphatic rings. The van der Waals surface area contributed by atoms with E-state index in [9.17, 15) is 9.18 Å². The van der Waals surface area contributed by atoms with Gasteiger partial charge in [0.1, 0.15) is 5.82 Å². The van der Waals surface area contributed by atoms with Crippen LogP contribution in [0.3, 0.4) is 0 Å². The molecule has 4 rings (SSSR count). The zero-order valence-electron chi connectivity index (χ0n) is 13.0. The Morgan fingerprint density at radius 1 is 1.17 bits per heavy atom. The minimum Gasteiger partial charge on any atom is -0.349 e. The molecule has 2 aliphatic carbocycles. The summed E-state index contributed by atoms with van der Waals surface area (Å²) in [7, 11) is 0. The van der Waals surface area contributed by atoms with Gasteiger partial charge in [-0.2, -0.15) is 5.10 Å². The van der Waals surface area contributed by atoms with E-state index in [1.165, 1.54) is 12.1 Å². The van der Waals surface area contributed by atoms with E-state index in [-0.39, 0.29) is 23.7 Å². The highest BCUT2D eigenvalue weighted by Gasteiger charge is 2.30. The number of amides is 1. The third-order valence-corrected chi connectivity index (χ3v) is 5.05. The van der Waals surface area contributed by atoms with Gasteiger partial charge in [0, 0.05) is 17.2 Å². The van der Waals surface area contributed by atoms with Gasteiger partial charge in [0.15, 0.2) is 0 Å². The summed E-state index contributed by atoms with van der Waals surface area (Å²) in [5.74, 6) is 0.136. The van der Waals surface area contributed by atoms with E-state index in [4.69, 9.17) is 0 Å². The standard InChI is InChI=1S/C18H20FN3O/c19-13-7-9-14(10-8-13)22-17-6-2-5-16(15(17)11-20-22)21-18(23)12-3-1-4-12/h7-12,16H,1-6H2,(H,21,23). The van der Waals surface area contributed by atoms with Crippen molar-refractivity contribution < 1.29 is 9.18 Å². The van der Waals surface area contributed by atoms with E-state index < -0.39 is 0 Å². The summed E-state index contributed by atoms with van der Waals surface area (Å²) in [6.07, 6.45) is 7.96. The van der Waals surface area contributed by atoms with E-state index in [1.807, 2.05) is 10.9 Å². The topological polar surface area (TPSA) is 46.9 Å². The molecule has 1 heterocycles. The number of nitrogens with zero attached hydrogens (tertiary/aromatic N) is 2. The lowest BCUT2D eigenvalue weighted by Gasteiger charge is -2.29. The van der Waals surface area contributed by atoms with Crippen molar-refractivity contribution in [2.45, 2.75) is 44.6 Å². The van der Waals surface area contributed by atoms with Gasteiger partial charge in [-0.15, -0.1) is 0 Å². The number of fused-ring (bicyclic) bond motifs is 1. The smallest absolute Gasteiger partial charge is 0.223 e. The molecule has 1 N–H and O–H groups in total. The lowest BCUT2D eigenvalue weighted by Crippen LogP contribution is -2.38. The highest BCUT2D eigenvalue weighted by molar-refractivity contribution is 5.79. The molecule has 0 aliphatic heterocycles. The Kier molecular flexibility index (Phi) is 3.63. The molecule has 120 valence electrons. The SMILES string of the molecule is O=C(NC1CCCc2c1cnn2-c1ccc(F)cc1)C1CCC1. The van der Waals surface area contributed by atoms with Crippen LogP contribution < -0.4 is 5.32 Å². The monoisotopic (exact) mass is 313 g/mol. The van der Waals surface area contributed by atoms with E-state index in [2.05, 4.69) is 10.4 Å². The summed E-state index contributed by atoms with van der Waals surface area (Å²) in [5, 5.41) is 7.68. The molecule has 0 spiro atoms. The highest BCUT2D eigenvalue weighted by Crippen LogP contribution is 2.33. The largest absolute Gasteiger partial charge is 0.349 e. The van der Waals surface area contributed by atoms with Crippen molar-refractivity contribution in [1.82, 2.24) is 15.1 Å². The molecule has 2 aromatic rings. The van der Waals surface area contributed by atoms with Gasteiger partial charge in [-0.3, -0.25) is 4.79 Å². The Morgan fingerprint density at radius 2 is 1.96 bits per heavy atom. The average Bonchev–Trinajstić information content (AvgIpc) is 2.91. The van der Waals surface area contributed by atoms with Crippen LogP contribution in [0.5, 0.6) is 0 Å². The van der Waals surface area contributed by atoms with Crippen LogP contribution in [0.25, 0.3) is 5.69 Å². The number of benzene rings is 1. The molecule has 1 saturated carbocycles. The van der Waals surface area contributed by atoms with Crippen molar-refractivity contribution >= 4 is 5.91 Å². The van der Waals surface area contributed by atoms with Crippen LogP contribution in [0.1, 0.15) is 49.4 Å². The van der Waals surface area contributed by atoms with E-state index in [1.54, 1.807) is 12.1 Å². The van der Waals surface area contributed by atoms with Gasteiger partial charge in [-0.05, 0) is 56.4 Å². The second-order valence-electron chi connectivity index (χ2n) is 6.52. The summed E-state index contributed by atoms with van der Waals surface area (Å²) < 4.78 is 15.0. The molecule has 1 aromatic carbocycles. The molecule has 5 heteroatoms. The van der Waals surface area contributed by atoms with Crippen molar-refractivity contribution in [2.24, 2.45) is 5.92 Å². The van der Waals surface area contributed by atoms with Crippen molar-refractivity contribution in [3.05, 3.63) is 47.5 Å². The van der Waals surface area contributed by atoms with Crippen molar-refractivity contribution in [3.63, 3.8) is 0 Å². The molecule has 23 heavy (non-hydrogen) atoms. The fourth-order valence-electron chi connectivity index (χ4n) is 3.47. The number of carbonyl (C=O) groups is 1. The van der Waals surface area contributed by atoms with Crippen LogP contribution in [0.2, 0.25) is 0 Å². The van der Waals surface area contributed by atoms with Gasteiger partial charge in [0.25, 0.3) is 0 Å². The van der Waals surface area contributed by atoms with E-state index in [0.29, 0.717) is 0 Å². The number of nitrogens with one attached hydrogen (secondary N) is 1. The zero-order chi connectivity index (χ0) is 15.8. The minimum atomic E-state index is -0.250. The van der Waals surface area contributed by atoms with Gasteiger partial charge in [0.05, 0.1) is 17.9 Å². The molecule has 1 atom stereocenters. The van der Waals surface area contributed by atoms with Gasteiger partial charge >= 0.3 is 0 Å². The first-order chi connectivity index (χ1) is 11.2. The first kappa shape index (κ1) is 14.4. The molecular formula is C18H20FN3O. The number of halogens is 1. The van der Waals surface area contributed by atoms with Gasteiger partial charge in [0.2, 0.25) is 5.91 Å². The lowest BCUT2D eigenvalue weighted by atomic mass is 9.84. The number of aromatic nitrogens is 2. The molecule has 4 nitrogen and oxygen atoms in total. The Morgan fingerprint density at radius 3 is 2.65 bits per heavy atom. The van der Waals surface area contributed by atoms with Crippen LogP contribution >= 0.6 is 0 Å². The number of carbonyl (C=O) groups excluding carboxylic acids is 1. The third-order valence-electron chi connectivity index (χ3n) is 5.05. The number of hydrogen-bond donors (Lipinski definition) is 1. The molecule has 0 saturated heterocycles. The molecular weight excluding hydrogens is 293 g/mol.